The van der Waals surface area contributed by atoms with E-state index in [1.165, 1.54) is 25.7 Å². The fourth-order valence-corrected chi connectivity index (χ4v) is 1.62. The van der Waals surface area contributed by atoms with Crippen molar-refractivity contribution in [3.05, 3.63) is 48.6 Å². The van der Waals surface area contributed by atoms with E-state index in [-0.39, 0.29) is 6.42 Å². The van der Waals surface area contributed by atoms with Crippen molar-refractivity contribution in [2.24, 2.45) is 0 Å². The molecule has 0 fully saturated rings. The smallest absolute Gasteiger partial charge is 0.303 e. The minimum Gasteiger partial charge on any atom is -0.481 e. The Labute approximate surface area is 123 Å². The van der Waals surface area contributed by atoms with E-state index in [2.05, 4.69) is 37.3 Å². The van der Waals surface area contributed by atoms with E-state index in [1.54, 1.807) is 0 Å². The lowest BCUT2D eigenvalue weighted by atomic mass is 10.2. The molecule has 112 valence electrons. The highest BCUT2D eigenvalue weighted by Crippen LogP contribution is 2.00. The number of allylic oxidation sites excluding steroid dienone is 8. The molecule has 0 aromatic heterocycles. The van der Waals surface area contributed by atoms with E-state index in [9.17, 15) is 4.79 Å². The Morgan fingerprint density at radius 1 is 0.850 bits per heavy atom. The Balaban J connectivity index is 3.45. The monoisotopic (exact) mass is 276 g/mol. The molecular formula is C18H28O2. The number of unbranched alkanes of at least 4 members (excludes halogenated alkanes) is 3. The first-order valence-electron chi connectivity index (χ1n) is 7.60. The predicted octanol–water partition coefficient (Wildman–Crippen LogP) is 5.44. The predicted molar refractivity (Wildman–Crippen MR) is 86.8 cm³/mol. The Morgan fingerprint density at radius 3 is 2.00 bits per heavy atom. The van der Waals surface area contributed by atoms with Crippen molar-refractivity contribution in [3.8, 4) is 0 Å². The molecule has 1 N–H and O–H groups in total. The van der Waals surface area contributed by atoms with E-state index >= 15 is 0 Å². The molecule has 0 unspecified atom stereocenters. The molecule has 20 heavy (non-hydrogen) atoms. The molecule has 0 aliphatic carbocycles. The first kappa shape index (κ1) is 18.4. The van der Waals surface area contributed by atoms with Crippen molar-refractivity contribution in [2.75, 3.05) is 0 Å². The number of aliphatic carboxylic acids is 1. The highest BCUT2D eigenvalue weighted by atomic mass is 16.4. The maximum atomic E-state index is 10.3. The zero-order valence-electron chi connectivity index (χ0n) is 12.6. The normalized spacial score (nSPS) is 12.4. The van der Waals surface area contributed by atoms with Crippen molar-refractivity contribution in [1.29, 1.82) is 0 Å². The molecule has 2 heteroatoms. The second-order valence-corrected chi connectivity index (χ2v) is 4.70. The highest BCUT2D eigenvalue weighted by molar-refractivity contribution is 5.66. The molecule has 0 aromatic carbocycles. The first-order chi connectivity index (χ1) is 9.77. The summed E-state index contributed by atoms with van der Waals surface area (Å²) in [5, 5.41) is 8.45. The molecule has 0 rings (SSSR count). The van der Waals surface area contributed by atoms with Gasteiger partial charge in [0.2, 0.25) is 0 Å². The summed E-state index contributed by atoms with van der Waals surface area (Å²) in [6.07, 6.45) is 24.5. The molecule has 0 heterocycles. The average Bonchev–Trinajstić information content (AvgIpc) is 2.43. The van der Waals surface area contributed by atoms with Gasteiger partial charge < -0.3 is 5.11 Å². The highest BCUT2D eigenvalue weighted by Gasteiger charge is 1.90. The largest absolute Gasteiger partial charge is 0.481 e. The van der Waals surface area contributed by atoms with Crippen molar-refractivity contribution < 1.29 is 9.90 Å². The Kier molecular flexibility index (Phi) is 14.3. The lowest BCUT2D eigenvalue weighted by molar-refractivity contribution is -0.136. The Hall–Kier alpha value is -1.57. The average molecular weight is 276 g/mol. The summed E-state index contributed by atoms with van der Waals surface area (Å²) in [5.41, 5.74) is 0. The molecule has 2 nitrogen and oxygen atoms in total. The molecule has 0 spiro atoms. The fraction of sp³-hybridized carbons (Fsp3) is 0.500. The van der Waals surface area contributed by atoms with Crippen LogP contribution in [0.1, 0.15) is 58.3 Å². The molecule has 0 aromatic rings. The van der Waals surface area contributed by atoms with E-state index in [0.717, 1.165) is 12.8 Å². The summed E-state index contributed by atoms with van der Waals surface area (Å²) in [7, 11) is 0. The third kappa shape index (κ3) is 16.4. The molecular weight excluding hydrogens is 248 g/mol. The molecule has 0 radical (unpaired) electrons. The van der Waals surface area contributed by atoms with Crippen molar-refractivity contribution in [3.63, 3.8) is 0 Å². The minimum atomic E-state index is -0.740. The fourth-order valence-electron chi connectivity index (χ4n) is 1.62. The van der Waals surface area contributed by atoms with Crippen LogP contribution < -0.4 is 0 Å². The SMILES string of the molecule is CCCCC/C=C/C/C=C/C=C/C/C=C/CCC(=O)O. The second-order valence-electron chi connectivity index (χ2n) is 4.70. The zero-order valence-corrected chi connectivity index (χ0v) is 12.6. The molecule has 0 amide bonds. The van der Waals surface area contributed by atoms with Crippen LogP contribution in [0, 0.1) is 0 Å². The van der Waals surface area contributed by atoms with Crippen molar-refractivity contribution >= 4 is 5.97 Å². The van der Waals surface area contributed by atoms with Crippen LogP contribution in [0.5, 0.6) is 0 Å². The minimum absolute atomic E-state index is 0.213. The van der Waals surface area contributed by atoms with Crippen LogP contribution in [-0.4, -0.2) is 11.1 Å². The number of carboxylic acid groups (broad SMARTS) is 1. The molecule has 0 atom stereocenters. The van der Waals surface area contributed by atoms with Gasteiger partial charge in [-0.3, -0.25) is 4.79 Å². The maximum absolute atomic E-state index is 10.3. The third-order valence-electron chi connectivity index (χ3n) is 2.76. The third-order valence-corrected chi connectivity index (χ3v) is 2.76. The number of hydrogen-bond donors (Lipinski definition) is 1. The van der Waals surface area contributed by atoms with E-state index in [1.807, 2.05) is 18.2 Å². The van der Waals surface area contributed by atoms with Gasteiger partial charge in [-0.1, -0.05) is 68.4 Å². The van der Waals surface area contributed by atoms with Crippen LogP contribution in [0.25, 0.3) is 0 Å². The van der Waals surface area contributed by atoms with Crippen LogP contribution >= 0.6 is 0 Å². The standard InChI is InChI=1S/C18H28O2/c1-2-3-4-5-6-7-8-9-10-11-12-13-14-15-16-17-18(19)20/h6-7,9-12,14-15H,2-5,8,13,16-17H2,1H3,(H,19,20)/b7-6+,10-9+,12-11+,15-14+. The molecule has 0 aliphatic heterocycles. The van der Waals surface area contributed by atoms with Crippen molar-refractivity contribution in [1.82, 2.24) is 0 Å². The van der Waals surface area contributed by atoms with E-state index in [0.29, 0.717) is 6.42 Å². The van der Waals surface area contributed by atoms with Gasteiger partial charge in [-0.2, -0.15) is 0 Å². The summed E-state index contributed by atoms with van der Waals surface area (Å²) >= 11 is 0. The van der Waals surface area contributed by atoms with Crippen LogP contribution in [0.3, 0.4) is 0 Å². The maximum Gasteiger partial charge on any atom is 0.303 e. The lowest BCUT2D eigenvalue weighted by Gasteiger charge is -1.90. The van der Waals surface area contributed by atoms with Gasteiger partial charge in [-0.15, -0.1) is 0 Å². The van der Waals surface area contributed by atoms with Gasteiger partial charge in [0, 0.05) is 6.42 Å². The number of rotatable bonds is 12. The number of hydrogen-bond acceptors (Lipinski definition) is 1. The summed E-state index contributed by atoms with van der Waals surface area (Å²) in [4.78, 5) is 10.3. The number of carbonyl (C=O) groups is 1. The van der Waals surface area contributed by atoms with Crippen LogP contribution in [-0.2, 0) is 4.79 Å². The van der Waals surface area contributed by atoms with Gasteiger partial charge in [0.05, 0.1) is 0 Å². The molecule has 0 aliphatic rings. The topological polar surface area (TPSA) is 37.3 Å². The second kappa shape index (κ2) is 15.5. The summed E-state index contributed by atoms with van der Waals surface area (Å²) < 4.78 is 0. The van der Waals surface area contributed by atoms with Gasteiger partial charge in [0.25, 0.3) is 0 Å². The van der Waals surface area contributed by atoms with Gasteiger partial charge in [-0.25, -0.2) is 0 Å². The van der Waals surface area contributed by atoms with Crippen molar-refractivity contribution in [2.45, 2.75) is 58.3 Å². The molecule has 0 bridgehead atoms. The summed E-state index contributed by atoms with van der Waals surface area (Å²) in [6, 6.07) is 0. The van der Waals surface area contributed by atoms with Crippen LogP contribution in [0.2, 0.25) is 0 Å². The number of carboxylic acids is 1. The van der Waals surface area contributed by atoms with Gasteiger partial charge in [0.1, 0.15) is 0 Å². The first-order valence-corrected chi connectivity index (χ1v) is 7.60. The van der Waals surface area contributed by atoms with E-state index < -0.39 is 5.97 Å². The van der Waals surface area contributed by atoms with Crippen LogP contribution in [0.4, 0.5) is 0 Å². The summed E-state index contributed by atoms with van der Waals surface area (Å²) in [5.74, 6) is -0.740. The molecule has 0 saturated heterocycles. The quantitative estimate of drug-likeness (QED) is 0.293. The molecule has 0 saturated carbocycles. The van der Waals surface area contributed by atoms with Gasteiger partial charge in [-0.05, 0) is 32.1 Å². The van der Waals surface area contributed by atoms with E-state index in [4.69, 9.17) is 5.11 Å². The summed E-state index contributed by atoms with van der Waals surface area (Å²) in [6.45, 7) is 2.22. The lowest BCUT2D eigenvalue weighted by Crippen LogP contribution is -1.91. The van der Waals surface area contributed by atoms with Gasteiger partial charge in [0.15, 0.2) is 0 Å². The zero-order chi connectivity index (χ0) is 14.9. The Bertz CT molecular complexity index is 335. The van der Waals surface area contributed by atoms with Crippen LogP contribution in [0.15, 0.2) is 48.6 Å². The Morgan fingerprint density at radius 2 is 1.45 bits per heavy atom. The van der Waals surface area contributed by atoms with Gasteiger partial charge >= 0.3 is 5.97 Å².